The quantitative estimate of drug-likeness (QED) is 0.320. The van der Waals surface area contributed by atoms with Crippen LogP contribution in [0.4, 0.5) is 0 Å². The van der Waals surface area contributed by atoms with Gasteiger partial charge in [-0.2, -0.15) is 0 Å². The maximum Gasteiger partial charge on any atom is 0.245 e. The highest BCUT2D eigenvalue weighted by atomic mass is 16.6. The molecule has 2 amide bonds. The molecule has 1 aromatic rings. The molecule has 1 saturated heterocycles. The summed E-state index contributed by atoms with van der Waals surface area (Å²) in [5.74, 6) is -0.767. The van der Waals surface area contributed by atoms with Crippen molar-refractivity contribution in [1.82, 2.24) is 10.6 Å². The Hall–Kier alpha value is -2.49. The average molecular weight is 491 g/mol. The molecule has 0 spiro atoms. The highest BCUT2D eigenvalue weighted by molar-refractivity contribution is 5.98. The number of aliphatic hydroxyl groups excluding tert-OH is 2. The lowest BCUT2D eigenvalue weighted by Gasteiger charge is -2.28. The van der Waals surface area contributed by atoms with E-state index in [9.17, 15) is 24.6 Å². The van der Waals surface area contributed by atoms with Crippen molar-refractivity contribution in [1.29, 1.82) is 0 Å². The fourth-order valence-corrected chi connectivity index (χ4v) is 4.54. The highest BCUT2D eigenvalue weighted by Gasteiger charge is 2.54. The minimum absolute atomic E-state index is 0.0523. The number of epoxide rings is 1. The number of aliphatic hydroxyl groups is 2. The van der Waals surface area contributed by atoms with Gasteiger partial charge in [-0.3, -0.25) is 14.4 Å². The molecule has 9 nitrogen and oxygen atoms in total. The Bertz CT molecular complexity index is 926. The standard InChI is InChI=1S/C26H38N2O7/c1-15(2)10-20(23(31)26(13-30)14-34-26)27-25(33)21(12-29)28-24(32)18-8-9-19-17(11-18)6-5-7-22(19)35-16(3)4/h5-7,15-16,18,20-21,29-30H,8-14H2,1-4H3,(H,27,33)(H,28,32). The van der Waals surface area contributed by atoms with Crippen molar-refractivity contribution < 1.29 is 34.1 Å². The Morgan fingerprint density at radius 3 is 2.43 bits per heavy atom. The molecular formula is C26H38N2O7. The van der Waals surface area contributed by atoms with Crippen LogP contribution in [0.15, 0.2) is 18.2 Å². The number of nitrogens with one attached hydrogen (secondary N) is 2. The van der Waals surface area contributed by atoms with Crippen molar-refractivity contribution in [3.05, 3.63) is 29.3 Å². The van der Waals surface area contributed by atoms with Crippen LogP contribution in [-0.2, 0) is 32.0 Å². The minimum Gasteiger partial charge on any atom is -0.491 e. The van der Waals surface area contributed by atoms with E-state index >= 15 is 0 Å². The van der Waals surface area contributed by atoms with Crippen LogP contribution < -0.4 is 15.4 Å². The summed E-state index contributed by atoms with van der Waals surface area (Å²) in [6, 6.07) is 3.76. The first-order valence-corrected chi connectivity index (χ1v) is 12.4. The number of fused-ring (bicyclic) bond motifs is 1. The molecule has 4 N–H and O–H groups in total. The molecule has 9 heteroatoms. The second-order valence-corrected chi connectivity index (χ2v) is 10.2. The number of carbonyl (C=O) groups excluding carboxylic acids is 3. The molecule has 1 aromatic carbocycles. The van der Waals surface area contributed by atoms with E-state index in [0.717, 1.165) is 16.9 Å². The van der Waals surface area contributed by atoms with Gasteiger partial charge in [-0.1, -0.05) is 26.0 Å². The van der Waals surface area contributed by atoms with E-state index in [-0.39, 0.29) is 30.5 Å². The third-order valence-electron chi connectivity index (χ3n) is 6.53. The van der Waals surface area contributed by atoms with E-state index in [1.807, 2.05) is 45.9 Å². The van der Waals surface area contributed by atoms with Crippen molar-refractivity contribution in [2.24, 2.45) is 11.8 Å². The van der Waals surface area contributed by atoms with Gasteiger partial charge in [0.15, 0.2) is 11.4 Å². The highest BCUT2D eigenvalue weighted by Crippen LogP contribution is 2.33. The van der Waals surface area contributed by atoms with Gasteiger partial charge in [0.05, 0.1) is 32.0 Å². The Morgan fingerprint density at radius 2 is 1.86 bits per heavy atom. The predicted octanol–water partition coefficient (Wildman–Crippen LogP) is 0.917. The number of hydrogen-bond donors (Lipinski definition) is 4. The van der Waals surface area contributed by atoms with Crippen LogP contribution in [0.1, 0.15) is 51.7 Å². The summed E-state index contributed by atoms with van der Waals surface area (Å²) in [6.45, 7) is 6.82. The predicted molar refractivity (Wildman–Crippen MR) is 129 cm³/mol. The van der Waals surface area contributed by atoms with E-state index in [4.69, 9.17) is 9.47 Å². The topological polar surface area (TPSA) is 137 Å². The average Bonchev–Trinajstić information content (AvgIpc) is 3.62. The molecule has 35 heavy (non-hydrogen) atoms. The first kappa shape index (κ1) is 27.1. The molecule has 0 saturated carbocycles. The Morgan fingerprint density at radius 1 is 1.14 bits per heavy atom. The molecule has 194 valence electrons. The van der Waals surface area contributed by atoms with Crippen LogP contribution in [0, 0.1) is 11.8 Å². The van der Waals surface area contributed by atoms with Gasteiger partial charge >= 0.3 is 0 Å². The van der Waals surface area contributed by atoms with Gasteiger partial charge in [0.2, 0.25) is 11.8 Å². The lowest BCUT2D eigenvalue weighted by atomic mass is 9.83. The monoisotopic (exact) mass is 490 g/mol. The molecule has 0 radical (unpaired) electrons. The smallest absolute Gasteiger partial charge is 0.245 e. The van der Waals surface area contributed by atoms with Gasteiger partial charge in [-0.05, 0) is 62.6 Å². The summed E-state index contributed by atoms with van der Waals surface area (Å²) < 4.78 is 11.1. The fourth-order valence-electron chi connectivity index (χ4n) is 4.54. The number of amides is 2. The molecule has 1 aliphatic carbocycles. The van der Waals surface area contributed by atoms with Crippen molar-refractivity contribution in [3.8, 4) is 5.75 Å². The number of hydrogen-bond acceptors (Lipinski definition) is 7. The van der Waals surface area contributed by atoms with Crippen LogP contribution in [0.25, 0.3) is 0 Å². The summed E-state index contributed by atoms with van der Waals surface area (Å²) in [7, 11) is 0. The summed E-state index contributed by atoms with van der Waals surface area (Å²) in [4.78, 5) is 38.8. The summed E-state index contributed by atoms with van der Waals surface area (Å²) in [6.07, 6.45) is 2.20. The van der Waals surface area contributed by atoms with Crippen LogP contribution in [-0.4, -0.2) is 71.4 Å². The summed E-state index contributed by atoms with van der Waals surface area (Å²) in [5, 5.41) is 24.7. The van der Waals surface area contributed by atoms with E-state index in [0.29, 0.717) is 25.7 Å². The fraction of sp³-hybridized carbons (Fsp3) is 0.654. The van der Waals surface area contributed by atoms with Crippen molar-refractivity contribution in [2.45, 2.75) is 77.2 Å². The molecule has 1 aliphatic heterocycles. The molecule has 0 aromatic heterocycles. The maximum absolute atomic E-state index is 13.0. The SMILES string of the molecule is CC(C)CC(NC(=O)C(CO)NC(=O)C1CCc2c(cccc2OC(C)C)C1)C(=O)C1(CO)CO1. The molecule has 1 heterocycles. The second-order valence-electron chi connectivity index (χ2n) is 10.2. The van der Waals surface area contributed by atoms with E-state index < -0.39 is 42.6 Å². The Balaban J connectivity index is 1.63. The summed E-state index contributed by atoms with van der Waals surface area (Å²) >= 11 is 0. The molecule has 0 bridgehead atoms. The van der Waals surface area contributed by atoms with Crippen molar-refractivity contribution >= 4 is 17.6 Å². The molecule has 4 unspecified atom stereocenters. The van der Waals surface area contributed by atoms with Crippen LogP contribution in [0.5, 0.6) is 5.75 Å². The van der Waals surface area contributed by atoms with Crippen LogP contribution >= 0.6 is 0 Å². The largest absolute Gasteiger partial charge is 0.491 e. The molecule has 1 fully saturated rings. The van der Waals surface area contributed by atoms with Gasteiger partial charge in [0.1, 0.15) is 11.8 Å². The lowest BCUT2D eigenvalue weighted by molar-refractivity contribution is -0.135. The van der Waals surface area contributed by atoms with Crippen molar-refractivity contribution in [2.75, 3.05) is 19.8 Å². The van der Waals surface area contributed by atoms with Gasteiger partial charge in [0.25, 0.3) is 0 Å². The number of ketones is 1. The zero-order chi connectivity index (χ0) is 25.8. The van der Waals surface area contributed by atoms with Gasteiger partial charge in [0, 0.05) is 5.92 Å². The zero-order valence-corrected chi connectivity index (χ0v) is 21.0. The number of rotatable bonds is 12. The van der Waals surface area contributed by atoms with Gasteiger partial charge in [-0.25, -0.2) is 0 Å². The lowest BCUT2D eigenvalue weighted by Crippen LogP contribution is -2.56. The number of Topliss-reactive ketones (excluding diaryl/α,β-unsaturated/α-hetero) is 1. The van der Waals surface area contributed by atoms with E-state index in [1.54, 1.807) is 0 Å². The molecule has 2 aliphatic rings. The van der Waals surface area contributed by atoms with E-state index in [2.05, 4.69) is 10.6 Å². The molecule has 4 atom stereocenters. The van der Waals surface area contributed by atoms with Crippen LogP contribution in [0.3, 0.4) is 0 Å². The minimum atomic E-state index is -1.27. The zero-order valence-electron chi connectivity index (χ0n) is 21.0. The molecular weight excluding hydrogens is 452 g/mol. The Kier molecular flexibility index (Phi) is 8.90. The first-order valence-electron chi connectivity index (χ1n) is 12.4. The normalized spacial score (nSPS) is 22.8. The number of carbonyl (C=O) groups is 3. The van der Waals surface area contributed by atoms with E-state index in [1.165, 1.54) is 0 Å². The molecule has 3 rings (SSSR count). The second kappa shape index (κ2) is 11.5. The first-order chi connectivity index (χ1) is 16.6. The third-order valence-corrected chi connectivity index (χ3v) is 6.53. The number of ether oxygens (including phenoxy) is 2. The maximum atomic E-state index is 13.0. The third kappa shape index (κ3) is 6.59. The number of benzene rings is 1. The Labute approximate surface area is 206 Å². The van der Waals surface area contributed by atoms with Gasteiger partial charge < -0.3 is 30.3 Å². The van der Waals surface area contributed by atoms with Gasteiger partial charge in [-0.15, -0.1) is 0 Å². The van der Waals surface area contributed by atoms with Crippen molar-refractivity contribution in [3.63, 3.8) is 0 Å². The summed E-state index contributed by atoms with van der Waals surface area (Å²) in [5.41, 5.74) is 0.885. The van der Waals surface area contributed by atoms with Crippen LogP contribution in [0.2, 0.25) is 0 Å².